The predicted octanol–water partition coefficient (Wildman–Crippen LogP) is 3.03. The minimum atomic E-state index is -0.0395. The highest BCUT2D eigenvalue weighted by Gasteiger charge is 2.10. The van der Waals surface area contributed by atoms with Crippen LogP contribution in [0.15, 0.2) is 53.5 Å². The van der Waals surface area contributed by atoms with E-state index in [1.54, 1.807) is 33.2 Å². The Hall–Kier alpha value is -2.49. The van der Waals surface area contributed by atoms with E-state index in [0.717, 1.165) is 23.5 Å². The van der Waals surface area contributed by atoms with E-state index in [-0.39, 0.29) is 36.4 Å². The number of rotatable bonds is 9. The SMILES string of the molecule is COc1ccc(CCNC(=NCC(=O)N(C)C)N(C)Cc2ccc(OC)cc2)cc1.I. The number of likely N-dealkylation sites (N-methyl/N-ethyl adjacent to an activating group) is 1. The van der Waals surface area contributed by atoms with Gasteiger partial charge in [0.15, 0.2) is 5.96 Å². The number of aliphatic imine (C=N–C) groups is 1. The van der Waals surface area contributed by atoms with Gasteiger partial charge in [-0.25, -0.2) is 4.99 Å². The molecule has 1 amide bonds. The summed E-state index contributed by atoms with van der Waals surface area (Å²) in [5.41, 5.74) is 2.33. The van der Waals surface area contributed by atoms with Crippen LogP contribution in [0.3, 0.4) is 0 Å². The van der Waals surface area contributed by atoms with Gasteiger partial charge < -0.3 is 24.6 Å². The van der Waals surface area contributed by atoms with Gasteiger partial charge in [0.25, 0.3) is 0 Å². The van der Waals surface area contributed by atoms with Gasteiger partial charge in [-0.1, -0.05) is 24.3 Å². The Morgan fingerprint density at radius 1 is 0.903 bits per heavy atom. The van der Waals surface area contributed by atoms with Crippen molar-refractivity contribution in [2.24, 2.45) is 4.99 Å². The van der Waals surface area contributed by atoms with Crippen molar-refractivity contribution in [2.75, 3.05) is 48.5 Å². The monoisotopic (exact) mass is 540 g/mol. The van der Waals surface area contributed by atoms with E-state index in [1.807, 2.05) is 60.5 Å². The zero-order valence-electron chi connectivity index (χ0n) is 18.9. The number of benzene rings is 2. The first-order chi connectivity index (χ1) is 14.4. The molecule has 0 aromatic heterocycles. The Bertz CT molecular complexity index is 824. The molecule has 0 heterocycles. The molecular weight excluding hydrogens is 507 g/mol. The lowest BCUT2D eigenvalue weighted by atomic mass is 10.1. The van der Waals surface area contributed by atoms with E-state index in [1.165, 1.54) is 5.56 Å². The second-order valence-corrected chi connectivity index (χ2v) is 7.16. The maximum Gasteiger partial charge on any atom is 0.243 e. The van der Waals surface area contributed by atoms with Crippen LogP contribution in [0, 0.1) is 0 Å². The average molecular weight is 540 g/mol. The summed E-state index contributed by atoms with van der Waals surface area (Å²) >= 11 is 0. The molecule has 0 atom stereocenters. The number of nitrogens with zero attached hydrogens (tertiary/aromatic N) is 3. The topological polar surface area (TPSA) is 66.4 Å². The van der Waals surface area contributed by atoms with Crippen LogP contribution in [0.1, 0.15) is 11.1 Å². The number of carbonyl (C=O) groups excluding carboxylic acids is 1. The summed E-state index contributed by atoms with van der Waals surface area (Å²) in [6, 6.07) is 15.9. The number of amides is 1. The van der Waals surface area contributed by atoms with E-state index >= 15 is 0 Å². The fraction of sp³-hybridized carbons (Fsp3) is 0.391. The first-order valence-electron chi connectivity index (χ1n) is 9.88. The van der Waals surface area contributed by atoms with Crippen molar-refractivity contribution in [3.8, 4) is 11.5 Å². The molecule has 0 radical (unpaired) electrons. The van der Waals surface area contributed by atoms with E-state index in [0.29, 0.717) is 19.0 Å². The van der Waals surface area contributed by atoms with Crippen molar-refractivity contribution in [3.63, 3.8) is 0 Å². The zero-order valence-corrected chi connectivity index (χ0v) is 21.3. The summed E-state index contributed by atoms with van der Waals surface area (Å²) < 4.78 is 10.4. The summed E-state index contributed by atoms with van der Waals surface area (Å²) in [5, 5.41) is 3.38. The summed E-state index contributed by atoms with van der Waals surface area (Å²) in [6.45, 7) is 1.47. The van der Waals surface area contributed by atoms with Crippen molar-refractivity contribution < 1.29 is 14.3 Å². The first kappa shape index (κ1) is 26.5. The molecular formula is C23H33IN4O3. The quantitative estimate of drug-likeness (QED) is 0.301. The molecule has 2 aromatic carbocycles. The molecule has 170 valence electrons. The van der Waals surface area contributed by atoms with Crippen LogP contribution in [0.2, 0.25) is 0 Å². The summed E-state index contributed by atoms with van der Waals surface area (Å²) in [6.07, 6.45) is 0.834. The maximum absolute atomic E-state index is 12.0. The molecule has 7 nitrogen and oxygen atoms in total. The molecule has 8 heteroatoms. The zero-order chi connectivity index (χ0) is 21.9. The van der Waals surface area contributed by atoms with Crippen LogP contribution in [0.5, 0.6) is 11.5 Å². The fourth-order valence-corrected chi connectivity index (χ4v) is 2.79. The van der Waals surface area contributed by atoms with Crippen LogP contribution in [0.25, 0.3) is 0 Å². The Morgan fingerprint density at radius 3 is 1.90 bits per heavy atom. The normalized spacial score (nSPS) is 10.7. The van der Waals surface area contributed by atoms with Gasteiger partial charge in [0.1, 0.15) is 18.0 Å². The summed E-state index contributed by atoms with van der Waals surface area (Å²) in [7, 11) is 8.74. The van der Waals surface area contributed by atoms with Crippen molar-refractivity contribution in [1.82, 2.24) is 15.1 Å². The minimum Gasteiger partial charge on any atom is -0.497 e. The number of hydrogen-bond donors (Lipinski definition) is 1. The van der Waals surface area contributed by atoms with E-state index in [4.69, 9.17) is 9.47 Å². The average Bonchev–Trinajstić information content (AvgIpc) is 2.76. The highest BCUT2D eigenvalue weighted by Crippen LogP contribution is 2.13. The first-order valence-corrected chi connectivity index (χ1v) is 9.88. The van der Waals surface area contributed by atoms with Crippen molar-refractivity contribution in [2.45, 2.75) is 13.0 Å². The van der Waals surface area contributed by atoms with Gasteiger partial charge in [-0.3, -0.25) is 4.79 Å². The highest BCUT2D eigenvalue weighted by atomic mass is 127. The van der Waals surface area contributed by atoms with E-state index < -0.39 is 0 Å². The Morgan fingerprint density at radius 2 is 1.42 bits per heavy atom. The number of methoxy groups -OCH3 is 2. The number of halogens is 1. The molecule has 2 aromatic rings. The second-order valence-electron chi connectivity index (χ2n) is 7.16. The lowest BCUT2D eigenvalue weighted by molar-refractivity contribution is -0.127. The highest BCUT2D eigenvalue weighted by molar-refractivity contribution is 14.0. The number of hydrogen-bond acceptors (Lipinski definition) is 4. The van der Waals surface area contributed by atoms with Crippen LogP contribution >= 0.6 is 24.0 Å². The standard InChI is InChI=1S/C23H32N4O3.HI/c1-26(2)22(28)16-25-23(24-15-14-18-6-10-20(29-4)11-7-18)27(3)17-19-8-12-21(30-5)13-9-19;/h6-13H,14-17H2,1-5H3,(H,24,25);1H. The van der Waals surface area contributed by atoms with E-state index in [2.05, 4.69) is 10.3 Å². The predicted molar refractivity (Wildman–Crippen MR) is 136 cm³/mol. The molecule has 0 spiro atoms. The molecule has 0 saturated carbocycles. The number of nitrogens with one attached hydrogen (secondary N) is 1. The Kier molecular flexibility index (Phi) is 11.8. The third-order valence-electron chi connectivity index (χ3n) is 4.66. The molecule has 0 unspecified atom stereocenters. The van der Waals surface area contributed by atoms with Crippen LogP contribution in [-0.4, -0.2) is 70.1 Å². The van der Waals surface area contributed by atoms with Gasteiger partial charge in [-0.2, -0.15) is 0 Å². The lowest BCUT2D eigenvalue weighted by Crippen LogP contribution is -2.40. The minimum absolute atomic E-state index is 0. The number of guanidine groups is 1. The Balaban J connectivity index is 0.00000480. The van der Waals surface area contributed by atoms with Crippen molar-refractivity contribution in [1.29, 1.82) is 0 Å². The van der Waals surface area contributed by atoms with Crippen LogP contribution in [-0.2, 0) is 17.8 Å². The third-order valence-corrected chi connectivity index (χ3v) is 4.66. The largest absolute Gasteiger partial charge is 0.497 e. The van der Waals surface area contributed by atoms with Gasteiger partial charge in [-0.05, 0) is 41.8 Å². The lowest BCUT2D eigenvalue weighted by Gasteiger charge is -2.23. The molecule has 31 heavy (non-hydrogen) atoms. The molecule has 0 aliphatic carbocycles. The third kappa shape index (κ3) is 9.04. The van der Waals surface area contributed by atoms with Crippen LogP contribution < -0.4 is 14.8 Å². The molecule has 0 saturated heterocycles. The fourth-order valence-electron chi connectivity index (χ4n) is 2.79. The number of ether oxygens (including phenoxy) is 2. The van der Waals surface area contributed by atoms with Gasteiger partial charge in [0, 0.05) is 34.2 Å². The van der Waals surface area contributed by atoms with Crippen LogP contribution in [0.4, 0.5) is 0 Å². The molecule has 0 fully saturated rings. The number of carbonyl (C=O) groups is 1. The van der Waals surface area contributed by atoms with E-state index in [9.17, 15) is 4.79 Å². The van der Waals surface area contributed by atoms with Crippen molar-refractivity contribution >= 4 is 35.8 Å². The van der Waals surface area contributed by atoms with Crippen molar-refractivity contribution in [3.05, 3.63) is 59.7 Å². The Labute approximate surface area is 202 Å². The maximum atomic E-state index is 12.0. The van der Waals surface area contributed by atoms with Gasteiger partial charge in [0.05, 0.1) is 14.2 Å². The molecule has 0 aliphatic rings. The van der Waals surface area contributed by atoms with Gasteiger partial charge in [0.2, 0.25) is 5.91 Å². The molecule has 0 bridgehead atoms. The molecule has 0 aliphatic heterocycles. The summed E-state index contributed by atoms with van der Waals surface area (Å²) in [5.74, 6) is 2.32. The smallest absolute Gasteiger partial charge is 0.243 e. The molecule has 1 N–H and O–H groups in total. The summed E-state index contributed by atoms with van der Waals surface area (Å²) in [4.78, 5) is 20.1. The van der Waals surface area contributed by atoms with Gasteiger partial charge >= 0.3 is 0 Å². The van der Waals surface area contributed by atoms with Gasteiger partial charge in [-0.15, -0.1) is 24.0 Å². The second kappa shape index (κ2) is 13.7. The molecule has 2 rings (SSSR count).